The Morgan fingerprint density at radius 1 is 1.10 bits per heavy atom. The van der Waals surface area contributed by atoms with Crippen molar-refractivity contribution in [1.82, 2.24) is 0 Å². The first-order chi connectivity index (χ1) is 10.1. The van der Waals surface area contributed by atoms with Crippen LogP contribution in [-0.2, 0) is 4.74 Å². The van der Waals surface area contributed by atoms with E-state index >= 15 is 0 Å². The van der Waals surface area contributed by atoms with Crippen molar-refractivity contribution in [2.24, 2.45) is 0 Å². The molecule has 21 heavy (non-hydrogen) atoms. The molecule has 0 aromatic heterocycles. The van der Waals surface area contributed by atoms with Crippen molar-refractivity contribution in [3.05, 3.63) is 66.0 Å². The van der Waals surface area contributed by atoms with E-state index in [4.69, 9.17) is 9.47 Å². The molecule has 0 bridgehead atoms. The lowest BCUT2D eigenvalue weighted by Gasteiger charge is -2.09. The minimum atomic E-state index is -0.396. The molecule has 0 fully saturated rings. The number of ether oxygens (including phenoxy) is 2. The summed E-state index contributed by atoms with van der Waals surface area (Å²) in [4.78, 5) is 0. The highest BCUT2D eigenvalue weighted by Gasteiger charge is 2.06. The van der Waals surface area contributed by atoms with Crippen molar-refractivity contribution in [3.63, 3.8) is 0 Å². The number of aryl methyl sites for hydroxylation is 1. The van der Waals surface area contributed by atoms with Gasteiger partial charge in [0.1, 0.15) is 0 Å². The first-order valence-corrected chi connectivity index (χ1v) is 6.78. The molecule has 0 aliphatic rings. The van der Waals surface area contributed by atoms with Gasteiger partial charge in [-0.15, -0.1) is 0 Å². The highest BCUT2D eigenvalue weighted by molar-refractivity contribution is 5.64. The second kappa shape index (κ2) is 7.04. The second-order valence-electron chi connectivity index (χ2n) is 5.08. The Balaban J connectivity index is 2.03. The zero-order chi connectivity index (χ0) is 15.2. The SMILES string of the molecule is C=C(C)COCOc1ccc(-c2ccc(C)cc2)cc1F. The average molecular weight is 286 g/mol. The molecule has 0 aliphatic heterocycles. The summed E-state index contributed by atoms with van der Waals surface area (Å²) < 4.78 is 24.5. The van der Waals surface area contributed by atoms with Crippen LogP contribution in [0.15, 0.2) is 54.6 Å². The zero-order valence-corrected chi connectivity index (χ0v) is 12.4. The van der Waals surface area contributed by atoms with Gasteiger partial charge in [-0.05, 0) is 37.1 Å². The van der Waals surface area contributed by atoms with Crippen LogP contribution in [0.4, 0.5) is 4.39 Å². The third-order valence-electron chi connectivity index (χ3n) is 2.96. The highest BCUT2D eigenvalue weighted by Crippen LogP contribution is 2.25. The monoisotopic (exact) mass is 286 g/mol. The molecule has 3 heteroatoms. The quantitative estimate of drug-likeness (QED) is 0.434. The number of rotatable bonds is 6. The summed E-state index contributed by atoms with van der Waals surface area (Å²) in [6.07, 6.45) is 0. The van der Waals surface area contributed by atoms with E-state index in [-0.39, 0.29) is 12.5 Å². The van der Waals surface area contributed by atoms with Gasteiger partial charge < -0.3 is 9.47 Å². The molecule has 0 heterocycles. The fourth-order valence-corrected chi connectivity index (χ4v) is 1.86. The molecule has 0 aliphatic carbocycles. The van der Waals surface area contributed by atoms with Crippen molar-refractivity contribution in [2.45, 2.75) is 13.8 Å². The van der Waals surface area contributed by atoms with Gasteiger partial charge in [0, 0.05) is 0 Å². The zero-order valence-electron chi connectivity index (χ0n) is 12.4. The lowest BCUT2D eigenvalue weighted by atomic mass is 10.0. The molecule has 0 unspecified atom stereocenters. The van der Waals surface area contributed by atoms with Crippen LogP contribution in [0.3, 0.4) is 0 Å². The molecule has 0 amide bonds. The third kappa shape index (κ3) is 4.43. The minimum Gasteiger partial charge on any atom is -0.464 e. The van der Waals surface area contributed by atoms with Gasteiger partial charge in [-0.1, -0.05) is 48.0 Å². The molecule has 0 saturated carbocycles. The van der Waals surface area contributed by atoms with Gasteiger partial charge in [0.05, 0.1) is 6.61 Å². The van der Waals surface area contributed by atoms with Crippen LogP contribution in [0, 0.1) is 12.7 Å². The normalized spacial score (nSPS) is 10.4. The van der Waals surface area contributed by atoms with Gasteiger partial charge in [0.25, 0.3) is 0 Å². The van der Waals surface area contributed by atoms with E-state index in [2.05, 4.69) is 6.58 Å². The molecule has 0 spiro atoms. The number of benzene rings is 2. The van der Waals surface area contributed by atoms with E-state index in [1.54, 1.807) is 6.07 Å². The third-order valence-corrected chi connectivity index (χ3v) is 2.96. The summed E-state index contributed by atoms with van der Waals surface area (Å²) in [5, 5.41) is 0. The molecule has 2 rings (SSSR count). The maximum Gasteiger partial charge on any atom is 0.189 e. The van der Waals surface area contributed by atoms with Gasteiger partial charge in [-0.2, -0.15) is 0 Å². The van der Waals surface area contributed by atoms with Gasteiger partial charge in [0.2, 0.25) is 0 Å². The van der Waals surface area contributed by atoms with Crippen molar-refractivity contribution >= 4 is 0 Å². The molecule has 0 radical (unpaired) electrons. The van der Waals surface area contributed by atoms with Crippen LogP contribution in [-0.4, -0.2) is 13.4 Å². The maximum atomic E-state index is 14.0. The van der Waals surface area contributed by atoms with E-state index in [0.717, 1.165) is 16.7 Å². The predicted molar refractivity (Wildman–Crippen MR) is 82.8 cm³/mol. The van der Waals surface area contributed by atoms with Crippen LogP contribution in [0.25, 0.3) is 11.1 Å². The highest BCUT2D eigenvalue weighted by atomic mass is 19.1. The van der Waals surface area contributed by atoms with E-state index in [0.29, 0.717) is 6.61 Å². The van der Waals surface area contributed by atoms with Crippen LogP contribution in [0.1, 0.15) is 12.5 Å². The lowest BCUT2D eigenvalue weighted by Crippen LogP contribution is -2.05. The van der Waals surface area contributed by atoms with Gasteiger partial charge in [0.15, 0.2) is 18.4 Å². The minimum absolute atomic E-state index is 0.00760. The van der Waals surface area contributed by atoms with E-state index < -0.39 is 5.82 Å². The van der Waals surface area contributed by atoms with Crippen LogP contribution in [0.2, 0.25) is 0 Å². The Kier molecular flexibility index (Phi) is 5.12. The Hall–Kier alpha value is -2.13. The Morgan fingerprint density at radius 3 is 2.38 bits per heavy atom. The molecule has 110 valence electrons. The van der Waals surface area contributed by atoms with E-state index in [1.807, 2.05) is 44.2 Å². The van der Waals surface area contributed by atoms with Crippen molar-refractivity contribution in [3.8, 4) is 16.9 Å². The van der Waals surface area contributed by atoms with Crippen molar-refractivity contribution < 1.29 is 13.9 Å². The molecular weight excluding hydrogens is 267 g/mol. The summed E-state index contributed by atoms with van der Waals surface area (Å²) in [6.45, 7) is 8.01. The van der Waals surface area contributed by atoms with E-state index in [1.165, 1.54) is 11.6 Å². The summed E-state index contributed by atoms with van der Waals surface area (Å²) in [7, 11) is 0. The molecule has 2 aromatic carbocycles. The molecule has 0 N–H and O–H groups in total. The van der Waals surface area contributed by atoms with Crippen LogP contribution in [0.5, 0.6) is 5.75 Å². The van der Waals surface area contributed by atoms with Crippen molar-refractivity contribution in [1.29, 1.82) is 0 Å². The van der Waals surface area contributed by atoms with Crippen LogP contribution >= 0.6 is 0 Å². The molecule has 0 saturated heterocycles. The van der Waals surface area contributed by atoms with Gasteiger partial charge in [-0.3, -0.25) is 0 Å². The maximum absolute atomic E-state index is 14.0. The first kappa shape index (κ1) is 15.3. The Labute approximate surface area is 124 Å². The average Bonchev–Trinajstić information content (AvgIpc) is 2.45. The van der Waals surface area contributed by atoms with Crippen molar-refractivity contribution in [2.75, 3.05) is 13.4 Å². The topological polar surface area (TPSA) is 18.5 Å². The predicted octanol–water partition coefficient (Wildman–Crippen LogP) is 4.73. The molecule has 2 nitrogen and oxygen atoms in total. The largest absolute Gasteiger partial charge is 0.464 e. The standard InChI is InChI=1S/C18H19FO2/c1-13(2)11-20-12-21-18-9-8-16(10-17(18)19)15-6-4-14(3)5-7-15/h4-10H,1,11-12H2,2-3H3. The molecule has 2 aromatic rings. The summed E-state index contributed by atoms with van der Waals surface area (Å²) in [5.74, 6) is -0.209. The number of hydrogen-bond donors (Lipinski definition) is 0. The lowest BCUT2D eigenvalue weighted by molar-refractivity contribution is 0.0251. The summed E-state index contributed by atoms with van der Waals surface area (Å²) in [5.41, 5.74) is 3.87. The first-order valence-electron chi connectivity index (χ1n) is 6.78. The smallest absolute Gasteiger partial charge is 0.189 e. The van der Waals surface area contributed by atoms with Crippen LogP contribution < -0.4 is 4.74 Å². The van der Waals surface area contributed by atoms with Gasteiger partial charge in [-0.25, -0.2) is 4.39 Å². The number of hydrogen-bond acceptors (Lipinski definition) is 2. The Morgan fingerprint density at radius 2 is 1.76 bits per heavy atom. The number of halogens is 1. The van der Waals surface area contributed by atoms with Gasteiger partial charge >= 0.3 is 0 Å². The Bertz CT molecular complexity index is 618. The fraction of sp³-hybridized carbons (Fsp3) is 0.222. The second-order valence-corrected chi connectivity index (χ2v) is 5.08. The summed E-state index contributed by atoms with van der Waals surface area (Å²) in [6, 6.07) is 12.9. The molecular formula is C18H19FO2. The summed E-state index contributed by atoms with van der Waals surface area (Å²) >= 11 is 0. The molecule has 0 atom stereocenters. The fourth-order valence-electron chi connectivity index (χ4n) is 1.86. The van der Waals surface area contributed by atoms with E-state index in [9.17, 15) is 4.39 Å².